The molecule has 2 aromatic rings. The van der Waals surface area contributed by atoms with E-state index in [4.69, 9.17) is 4.52 Å². The van der Waals surface area contributed by atoms with E-state index in [-0.39, 0.29) is 0 Å². The van der Waals surface area contributed by atoms with Crippen molar-refractivity contribution in [2.45, 2.75) is 46.0 Å². The van der Waals surface area contributed by atoms with Gasteiger partial charge in [0.1, 0.15) is 11.4 Å². The normalized spacial score (nSPS) is 11.8. The van der Waals surface area contributed by atoms with Crippen LogP contribution in [-0.4, -0.2) is 27.9 Å². The van der Waals surface area contributed by atoms with Crippen molar-refractivity contribution in [3.05, 3.63) is 42.1 Å². The summed E-state index contributed by atoms with van der Waals surface area (Å²) in [6.07, 6.45) is 8.59. The Balaban J connectivity index is 2.14. The number of aliphatic imine (C=N–C) groups is 1. The fourth-order valence-electron chi connectivity index (χ4n) is 2.29. The van der Waals surface area contributed by atoms with Gasteiger partial charge in [-0.05, 0) is 49.3 Å². The summed E-state index contributed by atoms with van der Waals surface area (Å²) in [6, 6.07) is 3.76. The quantitative estimate of drug-likeness (QED) is 0.578. The van der Waals surface area contributed by atoms with Crippen molar-refractivity contribution < 1.29 is 4.52 Å². The molecule has 0 amide bonds. The molecule has 2 heterocycles. The molecule has 0 aliphatic rings. The Morgan fingerprint density at radius 3 is 2.68 bits per heavy atom. The minimum atomic E-state index is 0.308. The predicted molar refractivity (Wildman–Crippen MR) is 101 cm³/mol. The summed E-state index contributed by atoms with van der Waals surface area (Å²) in [4.78, 5) is 13.0. The maximum Gasteiger partial charge on any atom is 0.230 e. The largest absolute Gasteiger partial charge is 0.339 e. The highest BCUT2D eigenvalue weighted by Crippen LogP contribution is 2.23. The SMILES string of the molecule is CC/C=C\C(C#Cc1ccc(-c2noc(C(CC)CC)n2)cn1)=NC. The molecule has 0 spiro atoms. The van der Waals surface area contributed by atoms with E-state index < -0.39 is 0 Å². The first-order chi connectivity index (χ1) is 12.2. The Hall–Kier alpha value is -2.74. The lowest BCUT2D eigenvalue weighted by molar-refractivity contribution is 0.346. The summed E-state index contributed by atoms with van der Waals surface area (Å²) in [5.74, 6) is 7.60. The number of rotatable bonds is 6. The minimum Gasteiger partial charge on any atom is -0.339 e. The van der Waals surface area contributed by atoms with Crippen molar-refractivity contribution in [2.24, 2.45) is 4.99 Å². The third-order valence-corrected chi connectivity index (χ3v) is 3.87. The lowest BCUT2D eigenvalue weighted by Crippen LogP contribution is -1.95. The van der Waals surface area contributed by atoms with Gasteiger partial charge in [0.2, 0.25) is 11.7 Å². The van der Waals surface area contributed by atoms with E-state index in [0.717, 1.165) is 30.5 Å². The summed E-state index contributed by atoms with van der Waals surface area (Å²) in [6.45, 7) is 6.32. The van der Waals surface area contributed by atoms with Gasteiger partial charge in [0.05, 0.1) is 0 Å². The summed E-state index contributed by atoms with van der Waals surface area (Å²) < 4.78 is 5.38. The zero-order chi connectivity index (χ0) is 18.1. The molecule has 0 aromatic carbocycles. The molecule has 0 saturated heterocycles. The van der Waals surface area contributed by atoms with Gasteiger partial charge in [0, 0.05) is 24.7 Å². The molecule has 0 atom stereocenters. The monoisotopic (exact) mass is 336 g/mol. The van der Waals surface area contributed by atoms with Crippen molar-refractivity contribution >= 4 is 5.71 Å². The average molecular weight is 336 g/mol. The zero-order valence-corrected chi connectivity index (χ0v) is 15.3. The van der Waals surface area contributed by atoms with Crippen molar-refractivity contribution in [1.82, 2.24) is 15.1 Å². The van der Waals surface area contributed by atoms with Crippen molar-refractivity contribution in [1.29, 1.82) is 0 Å². The van der Waals surface area contributed by atoms with Crippen LogP contribution in [0.4, 0.5) is 0 Å². The molecule has 0 radical (unpaired) electrons. The van der Waals surface area contributed by atoms with Gasteiger partial charge in [-0.1, -0.05) is 32.0 Å². The van der Waals surface area contributed by atoms with E-state index in [0.29, 0.717) is 23.3 Å². The lowest BCUT2D eigenvalue weighted by Gasteiger charge is -2.04. The molecule has 5 heteroatoms. The van der Waals surface area contributed by atoms with E-state index in [1.54, 1.807) is 13.2 Å². The molecule has 0 bridgehead atoms. The molecule has 5 nitrogen and oxygen atoms in total. The van der Waals surface area contributed by atoms with E-state index in [9.17, 15) is 0 Å². The fourth-order valence-corrected chi connectivity index (χ4v) is 2.29. The highest BCUT2D eigenvalue weighted by molar-refractivity contribution is 6.08. The van der Waals surface area contributed by atoms with E-state index >= 15 is 0 Å². The standard InChI is InChI=1S/C20H24N4O/c1-5-8-9-17(21-4)12-13-18-11-10-16(14-22-18)19-23-20(25-24-19)15(6-2)7-3/h8-11,14-15H,5-7H2,1-4H3/b9-8-,21-17?. The third-order valence-electron chi connectivity index (χ3n) is 3.87. The smallest absolute Gasteiger partial charge is 0.230 e. The number of pyridine rings is 1. The average Bonchev–Trinajstić information content (AvgIpc) is 3.13. The second-order valence-electron chi connectivity index (χ2n) is 5.57. The molecule has 0 aliphatic carbocycles. The van der Waals surface area contributed by atoms with Crippen LogP contribution in [0.1, 0.15) is 57.5 Å². The predicted octanol–water partition coefficient (Wildman–Crippen LogP) is 4.42. The zero-order valence-electron chi connectivity index (χ0n) is 15.3. The molecule has 2 rings (SSSR count). The Morgan fingerprint density at radius 1 is 1.28 bits per heavy atom. The Kier molecular flexibility index (Phi) is 7.09. The molecular formula is C20H24N4O. The van der Waals surface area contributed by atoms with Crippen LogP contribution in [0.3, 0.4) is 0 Å². The number of hydrogen-bond acceptors (Lipinski definition) is 5. The Bertz CT molecular complexity index is 787. The van der Waals surface area contributed by atoms with E-state index in [1.807, 2.05) is 24.3 Å². The van der Waals surface area contributed by atoms with Crippen molar-refractivity contribution in [3.63, 3.8) is 0 Å². The first-order valence-corrected chi connectivity index (χ1v) is 8.67. The second kappa shape index (κ2) is 9.53. The van der Waals surface area contributed by atoms with Gasteiger partial charge in [-0.15, -0.1) is 0 Å². The van der Waals surface area contributed by atoms with Crippen LogP contribution in [-0.2, 0) is 0 Å². The first kappa shape index (κ1) is 18.6. The van der Waals surface area contributed by atoms with E-state index in [2.05, 4.69) is 52.7 Å². The van der Waals surface area contributed by atoms with Crippen molar-refractivity contribution in [3.8, 4) is 23.2 Å². The number of aromatic nitrogens is 3. The molecule has 0 aliphatic heterocycles. The maximum atomic E-state index is 5.38. The summed E-state index contributed by atoms with van der Waals surface area (Å²) in [5.41, 5.74) is 2.24. The topological polar surface area (TPSA) is 64.2 Å². The summed E-state index contributed by atoms with van der Waals surface area (Å²) in [5, 5.41) is 4.06. The Morgan fingerprint density at radius 2 is 2.08 bits per heavy atom. The van der Waals surface area contributed by atoms with Gasteiger partial charge in [0.25, 0.3) is 0 Å². The molecule has 25 heavy (non-hydrogen) atoms. The Labute approximate surface area is 149 Å². The highest BCUT2D eigenvalue weighted by Gasteiger charge is 2.16. The maximum absolute atomic E-state index is 5.38. The van der Waals surface area contributed by atoms with Crippen LogP contribution in [0.5, 0.6) is 0 Å². The molecule has 130 valence electrons. The van der Waals surface area contributed by atoms with Crippen LogP contribution in [0.2, 0.25) is 0 Å². The first-order valence-electron chi connectivity index (χ1n) is 8.67. The van der Waals surface area contributed by atoms with Gasteiger partial charge in [-0.3, -0.25) is 4.99 Å². The molecule has 0 N–H and O–H groups in total. The molecule has 2 aromatic heterocycles. The molecule has 0 saturated carbocycles. The molecule has 0 fully saturated rings. The second-order valence-corrected chi connectivity index (χ2v) is 5.57. The van der Waals surface area contributed by atoms with E-state index in [1.165, 1.54) is 0 Å². The third kappa shape index (κ3) is 5.12. The van der Waals surface area contributed by atoms with Gasteiger partial charge in [-0.25, -0.2) is 4.98 Å². The van der Waals surface area contributed by atoms with Crippen LogP contribution in [0.15, 0.2) is 40.0 Å². The van der Waals surface area contributed by atoms with Crippen molar-refractivity contribution in [2.75, 3.05) is 7.05 Å². The van der Waals surface area contributed by atoms with Gasteiger partial charge in [0.15, 0.2) is 0 Å². The summed E-state index contributed by atoms with van der Waals surface area (Å²) >= 11 is 0. The van der Waals surface area contributed by atoms with Gasteiger partial charge >= 0.3 is 0 Å². The van der Waals surface area contributed by atoms with Crippen LogP contribution in [0, 0.1) is 11.8 Å². The molecule has 0 unspecified atom stereocenters. The number of hydrogen-bond donors (Lipinski definition) is 0. The van der Waals surface area contributed by atoms with Gasteiger partial charge < -0.3 is 4.52 Å². The highest BCUT2D eigenvalue weighted by atomic mass is 16.5. The summed E-state index contributed by atoms with van der Waals surface area (Å²) in [7, 11) is 1.73. The fraction of sp³-hybridized carbons (Fsp3) is 0.400. The van der Waals surface area contributed by atoms with Gasteiger partial charge in [-0.2, -0.15) is 4.98 Å². The number of allylic oxidation sites excluding steroid dienone is 2. The minimum absolute atomic E-state index is 0.308. The van der Waals surface area contributed by atoms with Crippen LogP contribution in [0.25, 0.3) is 11.4 Å². The molecular weight excluding hydrogens is 312 g/mol. The van der Waals surface area contributed by atoms with Crippen LogP contribution >= 0.6 is 0 Å². The van der Waals surface area contributed by atoms with Crippen LogP contribution < -0.4 is 0 Å². The lowest BCUT2D eigenvalue weighted by atomic mass is 10.0. The number of nitrogens with zero attached hydrogens (tertiary/aromatic N) is 4.